The predicted molar refractivity (Wildman–Crippen MR) is 96.4 cm³/mol. The number of hydrogen-bond donors (Lipinski definition) is 2. The van der Waals surface area contributed by atoms with Crippen molar-refractivity contribution in [3.05, 3.63) is 72.3 Å². The van der Waals surface area contributed by atoms with Crippen LogP contribution >= 0.6 is 0 Å². The Morgan fingerprint density at radius 2 is 1.71 bits per heavy atom. The molecule has 4 nitrogen and oxygen atoms in total. The van der Waals surface area contributed by atoms with Gasteiger partial charge in [-0.3, -0.25) is 5.73 Å². The molecular weight excluding hydrogens is 298 g/mol. The second kappa shape index (κ2) is 5.65. The number of nitrogens with two attached hydrogens (primary N) is 1. The van der Waals surface area contributed by atoms with E-state index in [1.807, 2.05) is 70.8 Å². The number of aromatic nitrogens is 2. The molecule has 0 aliphatic carbocycles. The summed E-state index contributed by atoms with van der Waals surface area (Å²) in [5.41, 5.74) is 9.27. The van der Waals surface area contributed by atoms with Crippen molar-refractivity contribution in [3.63, 3.8) is 0 Å². The SMILES string of the molecule is C[n+]1c(N)n(C[C@H](O)c2cccc3ccccc23)c2ccccc21. The van der Waals surface area contributed by atoms with Gasteiger partial charge >= 0.3 is 5.95 Å². The van der Waals surface area contributed by atoms with Crippen molar-refractivity contribution in [1.82, 2.24) is 4.57 Å². The second-order valence-electron chi connectivity index (χ2n) is 6.10. The molecule has 0 saturated heterocycles. The van der Waals surface area contributed by atoms with Crippen LogP contribution in [0.1, 0.15) is 11.7 Å². The normalized spacial score (nSPS) is 12.8. The fourth-order valence-corrected chi connectivity index (χ4v) is 3.41. The van der Waals surface area contributed by atoms with Crippen LogP contribution in [0.3, 0.4) is 0 Å². The molecule has 1 aromatic heterocycles. The average Bonchev–Trinajstić information content (AvgIpc) is 2.86. The van der Waals surface area contributed by atoms with Crippen LogP contribution in [0.4, 0.5) is 5.95 Å². The first-order valence-electron chi connectivity index (χ1n) is 8.05. The molecule has 0 bridgehead atoms. The molecule has 3 N–H and O–H groups in total. The van der Waals surface area contributed by atoms with Crippen molar-refractivity contribution in [2.75, 3.05) is 5.73 Å². The first-order valence-corrected chi connectivity index (χ1v) is 8.05. The molecule has 4 aromatic rings. The largest absolute Gasteiger partial charge is 0.385 e. The standard InChI is InChI=1S/C20H19N3O/c1-22-17-11-4-5-12-18(17)23(20(22)21)13-19(24)16-10-6-8-14-7-2-3-9-15(14)16/h2-12,19,21,24H,13H2,1H3/p+1/t19-/m0/s1. The highest BCUT2D eigenvalue weighted by molar-refractivity contribution is 5.86. The van der Waals surface area contributed by atoms with E-state index in [9.17, 15) is 5.11 Å². The minimum absolute atomic E-state index is 0.418. The lowest BCUT2D eigenvalue weighted by Crippen LogP contribution is -2.31. The number of imidazole rings is 1. The number of aliphatic hydroxyl groups is 1. The number of para-hydroxylation sites is 2. The molecule has 4 rings (SSSR count). The molecule has 1 atom stereocenters. The smallest absolute Gasteiger partial charge is 0.355 e. The summed E-state index contributed by atoms with van der Waals surface area (Å²) in [6.45, 7) is 0.418. The number of nitrogens with zero attached hydrogens (tertiary/aromatic N) is 2. The van der Waals surface area contributed by atoms with Crippen molar-refractivity contribution < 1.29 is 9.67 Å². The Labute approximate surface area is 140 Å². The molecule has 24 heavy (non-hydrogen) atoms. The van der Waals surface area contributed by atoms with Crippen LogP contribution in [-0.2, 0) is 13.6 Å². The van der Waals surface area contributed by atoms with Crippen LogP contribution < -0.4 is 10.3 Å². The Kier molecular flexibility index (Phi) is 3.47. The minimum atomic E-state index is -0.630. The van der Waals surface area contributed by atoms with Crippen LogP contribution in [0.2, 0.25) is 0 Å². The lowest BCUT2D eigenvalue weighted by atomic mass is 10.0. The molecule has 0 aliphatic heterocycles. The van der Waals surface area contributed by atoms with Gasteiger partial charge in [0.1, 0.15) is 23.7 Å². The van der Waals surface area contributed by atoms with E-state index in [4.69, 9.17) is 5.73 Å². The van der Waals surface area contributed by atoms with Gasteiger partial charge in [0.05, 0.1) is 7.05 Å². The molecule has 120 valence electrons. The first-order chi connectivity index (χ1) is 11.7. The van der Waals surface area contributed by atoms with Gasteiger partial charge in [-0.2, -0.15) is 0 Å². The highest BCUT2D eigenvalue weighted by Gasteiger charge is 2.22. The van der Waals surface area contributed by atoms with Gasteiger partial charge in [-0.1, -0.05) is 54.6 Å². The summed E-state index contributed by atoms with van der Waals surface area (Å²) in [6, 6.07) is 22.2. The van der Waals surface area contributed by atoms with E-state index in [0.717, 1.165) is 27.4 Å². The minimum Gasteiger partial charge on any atom is -0.385 e. The molecule has 0 amide bonds. The Hall–Kier alpha value is -2.85. The Bertz CT molecular complexity index is 1030. The number of benzene rings is 3. The van der Waals surface area contributed by atoms with Gasteiger partial charge in [-0.05, 0) is 28.5 Å². The predicted octanol–water partition coefficient (Wildman–Crippen LogP) is 2.93. The molecule has 0 saturated carbocycles. The summed E-state index contributed by atoms with van der Waals surface area (Å²) in [5.74, 6) is 0.635. The number of rotatable bonds is 3. The number of nitrogen functional groups attached to an aromatic ring is 1. The maximum atomic E-state index is 10.9. The topological polar surface area (TPSA) is 55.1 Å². The van der Waals surface area contributed by atoms with Crippen molar-refractivity contribution in [2.24, 2.45) is 7.05 Å². The zero-order valence-electron chi connectivity index (χ0n) is 13.6. The Morgan fingerprint density at radius 1 is 1.00 bits per heavy atom. The van der Waals surface area contributed by atoms with Crippen LogP contribution in [0, 0.1) is 0 Å². The molecule has 0 unspecified atom stereocenters. The fourth-order valence-electron chi connectivity index (χ4n) is 3.41. The van der Waals surface area contributed by atoms with Crippen molar-refractivity contribution in [3.8, 4) is 0 Å². The van der Waals surface area contributed by atoms with E-state index in [0.29, 0.717) is 12.5 Å². The van der Waals surface area contributed by atoms with Gasteiger partial charge in [0.15, 0.2) is 0 Å². The number of fused-ring (bicyclic) bond motifs is 2. The second-order valence-corrected chi connectivity index (χ2v) is 6.10. The van der Waals surface area contributed by atoms with Crippen LogP contribution in [0.15, 0.2) is 66.7 Å². The molecule has 3 aromatic carbocycles. The summed E-state index contributed by atoms with van der Waals surface area (Å²) < 4.78 is 3.92. The van der Waals surface area contributed by atoms with E-state index < -0.39 is 6.10 Å². The zero-order valence-corrected chi connectivity index (χ0v) is 13.6. The Balaban J connectivity index is 1.79. The quantitative estimate of drug-likeness (QED) is 0.571. The van der Waals surface area contributed by atoms with Gasteiger partial charge in [-0.15, -0.1) is 0 Å². The molecule has 0 aliphatic rings. The van der Waals surface area contributed by atoms with Gasteiger partial charge in [-0.25, -0.2) is 9.13 Å². The maximum Gasteiger partial charge on any atom is 0.355 e. The number of aryl methyl sites for hydroxylation is 1. The Morgan fingerprint density at radius 3 is 2.58 bits per heavy atom. The monoisotopic (exact) mass is 318 g/mol. The third kappa shape index (κ3) is 2.23. The summed E-state index contributed by atoms with van der Waals surface area (Å²) >= 11 is 0. The van der Waals surface area contributed by atoms with Crippen molar-refractivity contribution in [2.45, 2.75) is 12.6 Å². The highest BCUT2D eigenvalue weighted by Crippen LogP contribution is 2.27. The number of aliphatic hydroxyl groups excluding tert-OH is 1. The summed E-state index contributed by atoms with van der Waals surface area (Å²) in [7, 11) is 1.94. The third-order valence-corrected chi connectivity index (χ3v) is 4.69. The lowest BCUT2D eigenvalue weighted by molar-refractivity contribution is -0.630. The highest BCUT2D eigenvalue weighted by atomic mass is 16.3. The fraction of sp³-hybridized carbons (Fsp3) is 0.150. The van der Waals surface area contributed by atoms with Gasteiger partial charge < -0.3 is 5.11 Å². The zero-order chi connectivity index (χ0) is 16.7. The summed E-state index contributed by atoms with van der Waals surface area (Å²) in [4.78, 5) is 0. The lowest BCUT2D eigenvalue weighted by Gasteiger charge is -2.13. The molecule has 0 spiro atoms. The molecule has 4 heteroatoms. The van der Waals surface area contributed by atoms with Crippen LogP contribution in [0.5, 0.6) is 0 Å². The number of hydrogen-bond acceptors (Lipinski definition) is 2. The van der Waals surface area contributed by atoms with E-state index in [1.165, 1.54) is 0 Å². The molecule has 1 heterocycles. The van der Waals surface area contributed by atoms with Gasteiger partial charge in [0.25, 0.3) is 0 Å². The van der Waals surface area contributed by atoms with E-state index >= 15 is 0 Å². The van der Waals surface area contributed by atoms with Gasteiger partial charge in [0.2, 0.25) is 0 Å². The third-order valence-electron chi connectivity index (χ3n) is 4.69. The summed E-state index contributed by atoms with van der Waals surface area (Å²) in [5, 5.41) is 13.1. The number of anilines is 1. The van der Waals surface area contributed by atoms with Crippen LogP contribution in [0.25, 0.3) is 21.8 Å². The van der Waals surface area contributed by atoms with Crippen molar-refractivity contribution in [1.29, 1.82) is 0 Å². The summed E-state index contributed by atoms with van der Waals surface area (Å²) in [6.07, 6.45) is -0.630. The van der Waals surface area contributed by atoms with E-state index in [1.54, 1.807) is 0 Å². The first kappa shape index (κ1) is 14.7. The molecule has 0 fully saturated rings. The average molecular weight is 318 g/mol. The molecular formula is C20H20N3O+. The van der Waals surface area contributed by atoms with Crippen molar-refractivity contribution >= 4 is 27.8 Å². The van der Waals surface area contributed by atoms with E-state index in [-0.39, 0.29) is 0 Å². The van der Waals surface area contributed by atoms with Crippen LogP contribution in [-0.4, -0.2) is 9.67 Å². The molecule has 0 radical (unpaired) electrons. The maximum absolute atomic E-state index is 10.9. The van der Waals surface area contributed by atoms with E-state index in [2.05, 4.69) is 12.1 Å². The van der Waals surface area contributed by atoms with Gasteiger partial charge in [0, 0.05) is 0 Å².